The molecule has 0 bridgehead atoms. The van der Waals surface area contributed by atoms with Crippen LogP contribution in [0.2, 0.25) is 0 Å². The van der Waals surface area contributed by atoms with E-state index < -0.39 is 0 Å². The van der Waals surface area contributed by atoms with Gasteiger partial charge in [0.15, 0.2) is 0 Å². The van der Waals surface area contributed by atoms with Crippen LogP contribution < -0.4 is 5.73 Å². The Morgan fingerprint density at radius 3 is 2.75 bits per heavy atom. The largest absolute Gasteiger partial charge is 0.508 e. The number of amidine groups is 1. The number of phenols is 1. The van der Waals surface area contributed by atoms with E-state index in [1.165, 1.54) is 0 Å². The molecule has 3 nitrogen and oxygen atoms in total. The van der Waals surface area contributed by atoms with Crippen molar-refractivity contribution in [3.63, 3.8) is 0 Å². The van der Waals surface area contributed by atoms with Crippen LogP contribution in [0.5, 0.6) is 5.75 Å². The molecule has 0 aromatic heterocycles. The first-order valence-electron chi connectivity index (χ1n) is 3.71. The molecule has 0 saturated heterocycles. The van der Waals surface area contributed by atoms with Gasteiger partial charge in [0, 0.05) is 12.0 Å². The fourth-order valence-corrected chi connectivity index (χ4v) is 1.03. The molecule has 1 rings (SSSR count). The van der Waals surface area contributed by atoms with E-state index in [0.29, 0.717) is 12.0 Å². The van der Waals surface area contributed by atoms with Gasteiger partial charge in [-0.1, -0.05) is 12.1 Å². The second-order valence-electron chi connectivity index (χ2n) is 2.83. The van der Waals surface area contributed by atoms with Gasteiger partial charge < -0.3 is 10.8 Å². The van der Waals surface area contributed by atoms with Crippen LogP contribution in [-0.4, -0.2) is 10.9 Å². The van der Waals surface area contributed by atoms with E-state index in [2.05, 4.69) is 0 Å². The number of aromatic hydroxyl groups is 1. The fraction of sp³-hybridized carbons (Fsp3) is 0.222. The SMILES string of the molecule is Cc1ccc(CC(=N)N)c(O)c1. The van der Waals surface area contributed by atoms with Crippen molar-refractivity contribution in [3.8, 4) is 5.75 Å². The molecule has 0 heterocycles. The Kier molecular flexibility index (Phi) is 2.33. The molecule has 0 aliphatic heterocycles. The zero-order valence-corrected chi connectivity index (χ0v) is 6.96. The molecule has 0 aliphatic rings. The van der Waals surface area contributed by atoms with E-state index in [0.717, 1.165) is 5.56 Å². The number of nitrogens with two attached hydrogens (primary N) is 1. The third kappa shape index (κ3) is 1.99. The van der Waals surface area contributed by atoms with E-state index in [-0.39, 0.29) is 11.6 Å². The van der Waals surface area contributed by atoms with Crippen molar-refractivity contribution in [1.29, 1.82) is 5.41 Å². The van der Waals surface area contributed by atoms with Gasteiger partial charge in [-0.3, -0.25) is 5.41 Å². The van der Waals surface area contributed by atoms with Crippen molar-refractivity contribution < 1.29 is 5.11 Å². The van der Waals surface area contributed by atoms with E-state index in [1.54, 1.807) is 12.1 Å². The van der Waals surface area contributed by atoms with Gasteiger partial charge in [-0.15, -0.1) is 0 Å². The standard InChI is InChI=1S/C9H12N2O/c1-6-2-3-7(5-9(10)11)8(12)4-6/h2-4,12H,5H2,1H3,(H3,10,11). The highest BCUT2D eigenvalue weighted by atomic mass is 16.3. The van der Waals surface area contributed by atoms with Gasteiger partial charge in [-0.25, -0.2) is 0 Å². The Labute approximate surface area is 71.3 Å². The van der Waals surface area contributed by atoms with Gasteiger partial charge in [-0.05, 0) is 18.6 Å². The second-order valence-corrected chi connectivity index (χ2v) is 2.83. The van der Waals surface area contributed by atoms with Crippen LogP contribution in [0.3, 0.4) is 0 Å². The summed E-state index contributed by atoms with van der Waals surface area (Å²) in [6, 6.07) is 5.34. The van der Waals surface area contributed by atoms with Crippen molar-refractivity contribution in [2.75, 3.05) is 0 Å². The Balaban J connectivity index is 2.93. The Morgan fingerprint density at radius 1 is 1.58 bits per heavy atom. The summed E-state index contributed by atoms with van der Waals surface area (Å²) in [5.74, 6) is 0.277. The molecule has 4 N–H and O–H groups in total. The smallest absolute Gasteiger partial charge is 0.119 e. The minimum atomic E-state index is 0.0640. The molecular weight excluding hydrogens is 152 g/mol. The van der Waals surface area contributed by atoms with Crippen molar-refractivity contribution in [2.45, 2.75) is 13.3 Å². The van der Waals surface area contributed by atoms with Crippen LogP contribution >= 0.6 is 0 Å². The molecule has 3 heteroatoms. The average molecular weight is 164 g/mol. The highest BCUT2D eigenvalue weighted by Gasteiger charge is 2.01. The number of hydrogen-bond donors (Lipinski definition) is 3. The summed E-state index contributed by atoms with van der Waals surface area (Å²) < 4.78 is 0. The van der Waals surface area contributed by atoms with Crippen molar-refractivity contribution in [1.82, 2.24) is 0 Å². The molecule has 0 spiro atoms. The van der Waals surface area contributed by atoms with Crippen LogP contribution in [0, 0.1) is 12.3 Å². The summed E-state index contributed by atoms with van der Waals surface area (Å²) in [7, 11) is 0. The first-order chi connectivity index (χ1) is 5.59. The van der Waals surface area contributed by atoms with Crippen LogP contribution in [0.4, 0.5) is 0 Å². The van der Waals surface area contributed by atoms with Crippen LogP contribution in [0.1, 0.15) is 11.1 Å². The number of benzene rings is 1. The lowest BCUT2D eigenvalue weighted by Gasteiger charge is -2.03. The first-order valence-corrected chi connectivity index (χ1v) is 3.71. The Morgan fingerprint density at radius 2 is 2.25 bits per heavy atom. The highest BCUT2D eigenvalue weighted by Crippen LogP contribution is 2.18. The molecule has 1 aromatic carbocycles. The van der Waals surface area contributed by atoms with Gasteiger partial charge in [0.05, 0.1) is 5.84 Å². The average Bonchev–Trinajstić information content (AvgIpc) is 1.94. The molecule has 0 amide bonds. The maximum Gasteiger partial charge on any atom is 0.119 e. The van der Waals surface area contributed by atoms with Crippen LogP contribution in [-0.2, 0) is 6.42 Å². The summed E-state index contributed by atoms with van der Waals surface area (Å²) >= 11 is 0. The molecule has 1 aromatic rings. The lowest BCUT2D eigenvalue weighted by molar-refractivity contribution is 0.469. The normalized spacial score (nSPS) is 9.75. The summed E-state index contributed by atoms with van der Waals surface area (Å²) in [6.45, 7) is 1.90. The summed E-state index contributed by atoms with van der Waals surface area (Å²) in [6.07, 6.45) is 0.312. The Hall–Kier alpha value is -1.51. The molecule has 12 heavy (non-hydrogen) atoms. The first kappa shape index (κ1) is 8.59. The summed E-state index contributed by atoms with van der Waals surface area (Å²) in [4.78, 5) is 0. The lowest BCUT2D eigenvalue weighted by Crippen LogP contribution is -2.12. The number of phenolic OH excluding ortho intramolecular Hbond substituents is 1. The molecule has 0 aliphatic carbocycles. The van der Waals surface area contributed by atoms with E-state index >= 15 is 0 Å². The monoisotopic (exact) mass is 164 g/mol. The van der Waals surface area contributed by atoms with Crippen molar-refractivity contribution >= 4 is 5.84 Å². The van der Waals surface area contributed by atoms with Gasteiger partial charge >= 0.3 is 0 Å². The topological polar surface area (TPSA) is 70.1 Å². The fourth-order valence-electron chi connectivity index (χ4n) is 1.03. The summed E-state index contributed by atoms with van der Waals surface area (Å²) in [5.41, 5.74) is 6.91. The number of nitrogens with one attached hydrogen (secondary N) is 1. The molecule has 64 valence electrons. The van der Waals surface area contributed by atoms with E-state index in [1.807, 2.05) is 13.0 Å². The van der Waals surface area contributed by atoms with Gasteiger partial charge in [0.2, 0.25) is 0 Å². The molecule has 0 atom stereocenters. The molecule has 0 saturated carbocycles. The van der Waals surface area contributed by atoms with E-state index in [4.69, 9.17) is 11.1 Å². The van der Waals surface area contributed by atoms with Gasteiger partial charge in [-0.2, -0.15) is 0 Å². The Bertz CT molecular complexity index is 307. The predicted molar refractivity (Wildman–Crippen MR) is 48.5 cm³/mol. The maximum atomic E-state index is 9.39. The van der Waals surface area contributed by atoms with Crippen LogP contribution in [0.25, 0.3) is 0 Å². The minimum Gasteiger partial charge on any atom is -0.508 e. The van der Waals surface area contributed by atoms with Gasteiger partial charge in [0.25, 0.3) is 0 Å². The third-order valence-corrected chi connectivity index (χ3v) is 1.62. The zero-order valence-electron chi connectivity index (χ0n) is 6.96. The number of hydrogen-bond acceptors (Lipinski definition) is 2. The minimum absolute atomic E-state index is 0.0640. The number of rotatable bonds is 2. The van der Waals surface area contributed by atoms with Crippen molar-refractivity contribution in [2.24, 2.45) is 5.73 Å². The zero-order chi connectivity index (χ0) is 9.14. The maximum absolute atomic E-state index is 9.39. The quantitative estimate of drug-likeness (QED) is 0.453. The lowest BCUT2D eigenvalue weighted by atomic mass is 10.1. The predicted octanol–water partition coefficient (Wildman–Crippen LogP) is 1.18. The summed E-state index contributed by atoms with van der Waals surface area (Å²) in [5, 5.41) is 16.4. The van der Waals surface area contributed by atoms with Gasteiger partial charge in [0.1, 0.15) is 5.75 Å². The third-order valence-electron chi connectivity index (χ3n) is 1.62. The van der Waals surface area contributed by atoms with Crippen LogP contribution in [0.15, 0.2) is 18.2 Å². The molecule has 0 radical (unpaired) electrons. The van der Waals surface area contributed by atoms with Crippen molar-refractivity contribution in [3.05, 3.63) is 29.3 Å². The van der Waals surface area contributed by atoms with E-state index in [9.17, 15) is 5.11 Å². The molecular formula is C9H12N2O. The second kappa shape index (κ2) is 3.26. The number of aryl methyl sites for hydroxylation is 1. The molecule has 0 fully saturated rings. The highest BCUT2D eigenvalue weighted by molar-refractivity contribution is 5.80. The molecule has 0 unspecified atom stereocenters.